The molecule has 3 rings (SSSR count). The van der Waals surface area contributed by atoms with Gasteiger partial charge in [-0.3, -0.25) is 4.79 Å². The third-order valence-corrected chi connectivity index (χ3v) is 5.34. The number of carbonyl (C=O) groups is 1. The lowest BCUT2D eigenvalue weighted by Gasteiger charge is -2.23. The first kappa shape index (κ1) is 22.6. The van der Waals surface area contributed by atoms with Crippen molar-refractivity contribution in [2.45, 2.75) is 39.8 Å². The van der Waals surface area contributed by atoms with Gasteiger partial charge < -0.3 is 20.5 Å². The zero-order valence-corrected chi connectivity index (χ0v) is 18.8. The number of amides is 1. The first-order chi connectivity index (χ1) is 15.0. The molecule has 0 saturated heterocycles. The minimum absolute atomic E-state index is 0.441. The molecular weight excluding hydrogens is 386 g/mol. The van der Waals surface area contributed by atoms with E-state index in [4.69, 9.17) is 10.7 Å². The molecule has 3 aromatic rings. The van der Waals surface area contributed by atoms with E-state index in [1.807, 2.05) is 24.3 Å². The van der Waals surface area contributed by atoms with Crippen molar-refractivity contribution in [2.24, 2.45) is 12.8 Å². The second kappa shape index (κ2) is 10.8. The van der Waals surface area contributed by atoms with E-state index in [-0.39, 0.29) is 0 Å². The maximum absolute atomic E-state index is 10.8. The van der Waals surface area contributed by atoms with Crippen molar-refractivity contribution in [3.8, 4) is 0 Å². The summed E-state index contributed by atoms with van der Waals surface area (Å²) in [6, 6.07) is 14.6. The van der Waals surface area contributed by atoms with Crippen LogP contribution in [0.3, 0.4) is 0 Å². The highest BCUT2D eigenvalue weighted by Crippen LogP contribution is 2.23. The Kier molecular flexibility index (Phi) is 7.84. The van der Waals surface area contributed by atoms with Gasteiger partial charge in [0.05, 0.1) is 17.6 Å². The Bertz CT molecular complexity index is 1030. The molecule has 0 radical (unpaired) electrons. The van der Waals surface area contributed by atoms with Gasteiger partial charge in [-0.15, -0.1) is 0 Å². The second-order valence-corrected chi connectivity index (χ2v) is 7.83. The Morgan fingerprint density at radius 2 is 1.81 bits per heavy atom. The summed E-state index contributed by atoms with van der Waals surface area (Å²) < 4.78 is 2.16. The van der Waals surface area contributed by atoms with Crippen LogP contribution >= 0.6 is 0 Å². The molecule has 0 aliphatic heterocycles. The fraction of sp³-hybridized carbons (Fsp3) is 0.360. The summed E-state index contributed by atoms with van der Waals surface area (Å²) in [4.78, 5) is 18.2. The third kappa shape index (κ3) is 5.95. The molecule has 1 heterocycles. The summed E-state index contributed by atoms with van der Waals surface area (Å²) >= 11 is 0. The Morgan fingerprint density at radius 3 is 2.45 bits per heavy atom. The van der Waals surface area contributed by atoms with Gasteiger partial charge in [-0.05, 0) is 48.2 Å². The van der Waals surface area contributed by atoms with Crippen molar-refractivity contribution in [3.63, 3.8) is 0 Å². The molecule has 31 heavy (non-hydrogen) atoms. The fourth-order valence-corrected chi connectivity index (χ4v) is 3.75. The number of rotatable bonds is 11. The third-order valence-electron chi connectivity index (χ3n) is 5.34. The van der Waals surface area contributed by atoms with E-state index < -0.39 is 5.91 Å². The number of anilines is 1. The highest BCUT2D eigenvalue weighted by atomic mass is 16.1. The van der Waals surface area contributed by atoms with Gasteiger partial charge in [0.15, 0.2) is 0 Å². The molecule has 0 aliphatic rings. The van der Waals surface area contributed by atoms with Crippen molar-refractivity contribution < 1.29 is 4.79 Å². The Balaban J connectivity index is 1.65. The summed E-state index contributed by atoms with van der Waals surface area (Å²) in [7, 11) is 2.07. The number of fused-ring (bicyclic) bond motifs is 1. The van der Waals surface area contributed by atoms with Crippen LogP contribution in [0.1, 0.15) is 43.6 Å². The molecule has 1 amide bonds. The predicted molar refractivity (Wildman–Crippen MR) is 129 cm³/mol. The molecule has 0 aliphatic carbocycles. The average molecular weight is 420 g/mol. The molecule has 0 saturated carbocycles. The number of carbonyl (C=O) groups excluding carboxylic acids is 1. The number of imidazole rings is 1. The number of aromatic nitrogens is 2. The fourth-order valence-electron chi connectivity index (χ4n) is 3.75. The maximum Gasteiger partial charge on any atom is 0.241 e. The van der Waals surface area contributed by atoms with Gasteiger partial charge in [-0.1, -0.05) is 38.1 Å². The summed E-state index contributed by atoms with van der Waals surface area (Å²) in [6.07, 6.45) is 5.36. The van der Waals surface area contributed by atoms with Gasteiger partial charge in [-0.25, -0.2) is 4.98 Å². The number of primary amides is 1. The summed E-state index contributed by atoms with van der Waals surface area (Å²) in [5, 5.41) is 3.48. The van der Waals surface area contributed by atoms with Crippen molar-refractivity contribution in [3.05, 3.63) is 65.5 Å². The molecular formula is C25H33N5O. The first-order valence-corrected chi connectivity index (χ1v) is 11.0. The van der Waals surface area contributed by atoms with Crippen LogP contribution in [0.5, 0.6) is 0 Å². The van der Waals surface area contributed by atoms with Crippen LogP contribution in [0.25, 0.3) is 17.1 Å². The molecule has 0 fully saturated rings. The molecule has 0 atom stereocenters. The van der Waals surface area contributed by atoms with Crippen LogP contribution in [0, 0.1) is 0 Å². The average Bonchev–Trinajstić information content (AvgIpc) is 3.08. The normalized spacial score (nSPS) is 11.5. The van der Waals surface area contributed by atoms with Gasteiger partial charge in [-0.2, -0.15) is 0 Å². The lowest BCUT2D eigenvalue weighted by atomic mass is 10.1. The second-order valence-electron chi connectivity index (χ2n) is 7.83. The number of hydrogen-bond donors (Lipinski definition) is 2. The van der Waals surface area contributed by atoms with E-state index in [0.29, 0.717) is 6.54 Å². The van der Waals surface area contributed by atoms with Crippen LogP contribution in [0.4, 0.5) is 5.69 Å². The number of benzene rings is 2. The SMILES string of the molecule is CCCN(CCC)c1ccc2c(c1)nc(CNCc1ccc(/C=C/C(N)=O)cc1)n2C. The molecule has 0 spiro atoms. The zero-order chi connectivity index (χ0) is 22.2. The van der Waals surface area contributed by atoms with Crippen LogP contribution in [0.15, 0.2) is 48.5 Å². The van der Waals surface area contributed by atoms with E-state index in [1.165, 1.54) is 17.3 Å². The largest absolute Gasteiger partial charge is 0.371 e. The number of nitrogens with zero attached hydrogens (tertiary/aromatic N) is 3. The lowest BCUT2D eigenvalue weighted by Crippen LogP contribution is -2.24. The Hall–Kier alpha value is -3.12. The molecule has 0 unspecified atom stereocenters. The minimum atomic E-state index is -0.441. The predicted octanol–water partition coefficient (Wildman–Crippen LogP) is 3.99. The van der Waals surface area contributed by atoms with E-state index in [9.17, 15) is 4.79 Å². The van der Waals surface area contributed by atoms with Crippen molar-refractivity contribution >= 4 is 28.7 Å². The van der Waals surface area contributed by atoms with Crippen LogP contribution in [0.2, 0.25) is 0 Å². The molecule has 6 nitrogen and oxygen atoms in total. The zero-order valence-electron chi connectivity index (χ0n) is 18.8. The smallest absolute Gasteiger partial charge is 0.241 e. The van der Waals surface area contributed by atoms with Crippen molar-refractivity contribution in [2.75, 3.05) is 18.0 Å². The Labute approximate surface area is 184 Å². The first-order valence-electron chi connectivity index (χ1n) is 11.0. The highest BCUT2D eigenvalue weighted by Gasteiger charge is 2.11. The Morgan fingerprint density at radius 1 is 1.10 bits per heavy atom. The molecule has 1 aromatic heterocycles. The van der Waals surface area contributed by atoms with Gasteiger partial charge in [0, 0.05) is 38.4 Å². The van der Waals surface area contributed by atoms with Crippen LogP contribution in [-0.2, 0) is 24.9 Å². The standard InChI is InChI=1S/C25H33N5O/c1-4-14-30(15-5-2)21-11-12-23-22(16-21)28-25(29(23)3)18-27-17-20-8-6-19(7-9-20)10-13-24(26)31/h6-13,16,27H,4-5,14-15,17-18H2,1-3H3,(H2,26,31)/b13-10+. The number of hydrogen-bond acceptors (Lipinski definition) is 4. The summed E-state index contributed by atoms with van der Waals surface area (Å²) in [5.41, 5.74) is 10.7. The maximum atomic E-state index is 10.8. The van der Waals surface area contributed by atoms with Crippen LogP contribution in [-0.4, -0.2) is 28.5 Å². The van der Waals surface area contributed by atoms with Gasteiger partial charge in [0.1, 0.15) is 5.82 Å². The monoisotopic (exact) mass is 419 g/mol. The number of aryl methyl sites for hydroxylation is 1. The molecule has 2 aromatic carbocycles. The highest BCUT2D eigenvalue weighted by molar-refractivity contribution is 5.90. The summed E-state index contributed by atoms with van der Waals surface area (Å²) in [5.74, 6) is 0.578. The van der Waals surface area contributed by atoms with Crippen molar-refractivity contribution in [1.82, 2.24) is 14.9 Å². The molecule has 164 valence electrons. The molecule has 3 N–H and O–H groups in total. The quantitative estimate of drug-likeness (QED) is 0.461. The van der Waals surface area contributed by atoms with E-state index in [0.717, 1.165) is 54.9 Å². The lowest BCUT2D eigenvalue weighted by molar-refractivity contribution is -0.113. The van der Waals surface area contributed by atoms with Gasteiger partial charge in [0.2, 0.25) is 5.91 Å². The molecule has 0 bridgehead atoms. The number of nitrogens with two attached hydrogens (primary N) is 1. The topological polar surface area (TPSA) is 76.2 Å². The van der Waals surface area contributed by atoms with E-state index in [1.54, 1.807) is 6.08 Å². The van der Waals surface area contributed by atoms with E-state index >= 15 is 0 Å². The van der Waals surface area contributed by atoms with E-state index in [2.05, 4.69) is 53.9 Å². The van der Waals surface area contributed by atoms with Gasteiger partial charge >= 0.3 is 0 Å². The van der Waals surface area contributed by atoms with Crippen molar-refractivity contribution in [1.29, 1.82) is 0 Å². The number of nitrogens with one attached hydrogen (secondary N) is 1. The van der Waals surface area contributed by atoms with Crippen LogP contribution < -0.4 is 16.0 Å². The minimum Gasteiger partial charge on any atom is -0.371 e. The molecule has 6 heteroatoms. The summed E-state index contributed by atoms with van der Waals surface area (Å²) in [6.45, 7) is 8.01. The van der Waals surface area contributed by atoms with Gasteiger partial charge in [0.25, 0.3) is 0 Å².